The molecule has 4 rings (SSSR count). The van der Waals surface area contributed by atoms with Gasteiger partial charge in [-0.05, 0) is 26.0 Å². The van der Waals surface area contributed by atoms with Crippen LogP contribution in [0.4, 0.5) is 11.5 Å². The average molecular weight is 372 g/mol. The summed E-state index contributed by atoms with van der Waals surface area (Å²) in [5, 5.41) is 11.0. The molecule has 0 bridgehead atoms. The number of fused-ring (bicyclic) bond motifs is 1. The first-order valence-electron chi connectivity index (χ1n) is 7.85. The molecule has 2 aromatic heterocycles. The quantitative estimate of drug-likeness (QED) is 0.752. The zero-order chi connectivity index (χ0) is 18.3. The van der Waals surface area contributed by atoms with Crippen molar-refractivity contribution in [2.75, 3.05) is 9.73 Å². The van der Waals surface area contributed by atoms with Crippen LogP contribution in [-0.2, 0) is 16.6 Å². The van der Waals surface area contributed by atoms with Gasteiger partial charge in [-0.2, -0.15) is 17.9 Å². The van der Waals surface area contributed by atoms with E-state index in [1.54, 1.807) is 44.3 Å². The Hall–Kier alpha value is -3.14. The maximum absolute atomic E-state index is 13.5. The normalized spacial score (nSPS) is 13.3. The third kappa shape index (κ3) is 2.46. The first-order chi connectivity index (χ1) is 12.5. The number of nitrogens with zero attached hydrogens (tertiary/aromatic N) is 5. The Balaban J connectivity index is 1.95. The second kappa shape index (κ2) is 5.99. The fourth-order valence-electron chi connectivity index (χ4n) is 2.86. The average Bonchev–Trinajstić information content (AvgIpc) is 3.20. The molecule has 10 heteroatoms. The van der Waals surface area contributed by atoms with Gasteiger partial charge in [0.05, 0.1) is 24.8 Å². The summed E-state index contributed by atoms with van der Waals surface area (Å²) in [6.07, 6.45) is 3.11. The van der Waals surface area contributed by atoms with E-state index >= 15 is 0 Å². The lowest BCUT2D eigenvalue weighted by Gasteiger charge is -2.26. The molecule has 0 fully saturated rings. The van der Waals surface area contributed by atoms with Crippen molar-refractivity contribution < 1.29 is 12.9 Å². The van der Waals surface area contributed by atoms with Gasteiger partial charge in [-0.1, -0.05) is 23.4 Å². The standard InChI is InChI=1S/C16H16N6O3S/c1-11-15(12(2)25-20-11)26(23,24)22(14-6-4-3-5-7-14)21-16-13(9-19-21)8-17-10-18-16/h3-7,9-10H,8H2,1-2H3,(H,17,18). The third-order valence-corrected chi connectivity index (χ3v) is 5.90. The predicted molar refractivity (Wildman–Crippen MR) is 95.5 cm³/mol. The molecule has 0 spiro atoms. The lowest BCUT2D eigenvalue weighted by molar-refractivity contribution is 0.390. The fourth-order valence-corrected chi connectivity index (χ4v) is 4.57. The molecule has 134 valence electrons. The van der Waals surface area contributed by atoms with E-state index in [1.165, 1.54) is 11.1 Å². The van der Waals surface area contributed by atoms with Crippen LogP contribution in [0.2, 0.25) is 0 Å². The van der Waals surface area contributed by atoms with E-state index in [0.29, 0.717) is 23.7 Å². The number of aryl methyl sites for hydroxylation is 2. The Kier molecular flexibility index (Phi) is 3.76. The van der Waals surface area contributed by atoms with Crippen molar-refractivity contribution in [2.45, 2.75) is 25.3 Å². The van der Waals surface area contributed by atoms with Gasteiger partial charge >= 0.3 is 0 Å². The lowest BCUT2D eigenvalue weighted by atomic mass is 10.3. The molecule has 3 aromatic rings. The zero-order valence-electron chi connectivity index (χ0n) is 14.1. The van der Waals surface area contributed by atoms with Crippen molar-refractivity contribution in [3.05, 3.63) is 53.5 Å². The molecule has 9 nitrogen and oxygen atoms in total. The van der Waals surface area contributed by atoms with Gasteiger partial charge in [-0.25, -0.2) is 0 Å². The molecule has 0 atom stereocenters. The number of aromatic nitrogens is 3. The Labute approximate surface area is 150 Å². The Morgan fingerprint density at radius 2 is 2.00 bits per heavy atom. The highest BCUT2D eigenvalue weighted by Crippen LogP contribution is 2.31. The highest BCUT2D eigenvalue weighted by molar-refractivity contribution is 7.92. The number of rotatable bonds is 4. The third-order valence-electron chi connectivity index (χ3n) is 3.98. The first-order valence-corrected chi connectivity index (χ1v) is 9.29. The van der Waals surface area contributed by atoms with Crippen molar-refractivity contribution in [1.29, 1.82) is 0 Å². The first kappa shape index (κ1) is 16.3. The van der Waals surface area contributed by atoms with Crippen LogP contribution in [0.5, 0.6) is 0 Å². The van der Waals surface area contributed by atoms with E-state index < -0.39 is 10.0 Å². The molecular formula is C16H16N6O3S. The smallest absolute Gasteiger partial charge is 0.288 e. The minimum absolute atomic E-state index is 0.0232. The molecule has 1 aromatic carbocycles. The zero-order valence-corrected chi connectivity index (χ0v) is 14.9. The second-order valence-electron chi connectivity index (χ2n) is 5.76. The Morgan fingerprint density at radius 3 is 2.69 bits per heavy atom. The molecule has 0 radical (unpaired) electrons. The fraction of sp³-hybridized carbons (Fsp3) is 0.188. The van der Waals surface area contributed by atoms with Gasteiger partial charge in [-0.15, -0.1) is 4.79 Å². The van der Waals surface area contributed by atoms with Crippen molar-refractivity contribution in [3.63, 3.8) is 0 Å². The number of anilines is 2. The van der Waals surface area contributed by atoms with Crippen molar-refractivity contribution in [2.24, 2.45) is 4.99 Å². The summed E-state index contributed by atoms with van der Waals surface area (Å²) in [6.45, 7) is 3.59. The highest BCUT2D eigenvalue weighted by Gasteiger charge is 2.35. The van der Waals surface area contributed by atoms with Gasteiger partial charge in [0, 0.05) is 5.56 Å². The monoisotopic (exact) mass is 372 g/mol. The van der Waals surface area contributed by atoms with E-state index in [9.17, 15) is 8.42 Å². The van der Waals surface area contributed by atoms with Crippen LogP contribution in [0, 0.1) is 13.8 Å². The van der Waals surface area contributed by atoms with Crippen molar-refractivity contribution in [3.8, 4) is 0 Å². The summed E-state index contributed by atoms with van der Waals surface area (Å²) in [5.74, 6) is 0.762. The van der Waals surface area contributed by atoms with Crippen LogP contribution in [0.25, 0.3) is 0 Å². The number of aliphatic imine (C=N–C) groups is 1. The Morgan fingerprint density at radius 1 is 1.23 bits per heavy atom. The number of benzene rings is 1. The highest BCUT2D eigenvalue weighted by atomic mass is 32.2. The molecule has 0 saturated carbocycles. The molecule has 0 aliphatic carbocycles. The number of para-hydroxylation sites is 1. The number of nitrogens with one attached hydrogen (secondary N) is 1. The summed E-state index contributed by atoms with van der Waals surface area (Å²) >= 11 is 0. The maximum Gasteiger partial charge on any atom is 0.288 e. The molecule has 0 saturated heterocycles. The lowest BCUT2D eigenvalue weighted by Crippen LogP contribution is -2.38. The van der Waals surface area contributed by atoms with E-state index in [4.69, 9.17) is 4.52 Å². The van der Waals surface area contributed by atoms with Crippen LogP contribution in [-0.4, -0.2) is 29.8 Å². The second-order valence-corrected chi connectivity index (χ2v) is 7.46. The summed E-state index contributed by atoms with van der Waals surface area (Å²) in [6, 6.07) is 8.72. The molecular weight excluding hydrogens is 356 g/mol. The molecule has 3 heterocycles. The van der Waals surface area contributed by atoms with Crippen LogP contribution in [0.1, 0.15) is 17.0 Å². The summed E-state index contributed by atoms with van der Waals surface area (Å²) in [7, 11) is -4.04. The molecule has 1 aliphatic heterocycles. The summed E-state index contributed by atoms with van der Waals surface area (Å²) in [4.78, 5) is 5.46. The maximum atomic E-state index is 13.5. The van der Waals surface area contributed by atoms with Gasteiger partial charge in [0.25, 0.3) is 10.0 Å². The molecule has 1 N–H and O–H groups in total. The Bertz CT molecular complexity index is 1070. The summed E-state index contributed by atoms with van der Waals surface area (Å²) in [5.41, 5.74) is 1.52. The SMILES string of the molecule is Cc1noc(C)c1S(=O)(=O)N(c1ccccc1)n1ncc2c1NC=NC2. The number of hydrogen-bond donors (Lipinski definition) is 1. The molecule has 0 amide bonds. The topological polar surface area (TPSA) is 106 Å². The van der Waals surface area contributed by atoms with Crippen LogP contribution in [0.15, 0.2) is 50.9 Å². The van der Waals surface area contributed by atoms with Crippen LogP contribution >= 0.6 is 0 Å². The largest absolute Gasteiger partial charge is 0.360 e. The summed E-state index contributed by atoms with van der Waals surface area (Å²) < 4.78 is 33.3. The van der Waals surface area contributed by atoms with Crippen molar-refractivity contribution >= 4 is 27.9 Å². The van der Waals surface area contributed by atoms with E-state index in [1.807, 2.05) is 6.07 Å². The van der Waals surface area contributed by atoms with E-state index in [-0.39, 0.29) is 10.7 Å². The van der Waals surface area contributed by atoms with Crippen LogP contribution in [0.3, 0.4) is 0 Å². The van der Waals surface area contributed by atoms with Crippen molar-refractivity contribution in [1.82, 2.24) is 15.0 Å². The van der Waals surface area contributed by atoms with Gasteiger partial charge in [0.15, 0.2) is 16.5 Å². The van der Waals surface area contributed by atoms with E-state index in [2.05, 4.69) is 20.6 Å². The van der Waals surface area contributed by atoms with Gasteiger partial charge in [0.1, 0.15) is 5.69 Å². The minimum Gasteiger partial charge on any atom is -0.360 e. The minimum atomic E-state index is -4.04. The van der Waals surface area contributed by atoms with Gasteiger partial charge < -0.3 is 9.84 Å². The predicted octanol–water partition coefficient (Wildman–Crippen LogP) is 2.10. The molecule has 26 heavy (non-hydrogen) atoms. The molecule has 0 unspecified atom stereocenters. The van der Waals surface area contributed by atoms with Crippen LogP contribution < -0.4 is 9.73 Å². The number of hydrogen-bond acceptors (Lipinski definition) is 7. The molecule has 1 aliphatic rings. The van der Waals surface area contributed by atoms with Gasteiger partial charge in [-0.3, -0.25) is 4.99 Å². The number of sulfonamides is 1. The van der Waals surface area contributed by atoms with E-state index in [0.717, 1.165) is 9.98 Å². The van der Waals surface area contributed by atoms with Gasteiger partial charge in [0.2, 0.25) is 0 Å².